The van der Waals surface area contributed by atoms with Crippen LogP contribution in [0, 0.1) is 6.92 Å². The molecule has 126 valence electrons. The van der Waals surface area contributed by atoms with Crippen LogP contribution in [0.15, 0.2) is 16.4 Å². The van der Waals surface area contributed by atoms with Crippen molar-refractivity contribution >= 4 is 41.3 Å². The van der Waals surface area contributed by atoms with Crippen LogP contribution in [0.4, 0.5) is 0 Å². The Hall–Kier alpha value is -0.340. The Morgan fingerprint density at radius 1 is 1.41 bits per heavy atom. The fourth-order valence-electron chi connectivity index (χ4n) is 2.70. The van der Waals surface area contributed by atoms with Crippen molar-refractivity contribution < 1.29 is 0 Å². The minimum atomic E-state index is 0. The van der Waals surface area contributed by atoms with Gasteiger partial charge in [-0.3, -0.25) is 4.99 Å². The average Bonchev–Trinajstić information content (AvgIpc) is 2.89. The predicted octanol–water partition coefficient (Wildman–Crippen LogP) is 3.21. The number of hydrogen-bond donors (Lipinski definition) is 2. The van der Waals surface area contributed by atoms with Crippen molar-refractivity contribution in [2.24, 2.45) is 4.99 Å². The van der Waals surface area contributed by atoms with Gasteiger partial charge in [0.15, 0.2) is 5.96 Å². The highest BCUT2D eigenvalue weighted by Crippen LogP contribution is 2.15. The molecule has 0 radical (unpaired) electrons. The van der Waals surface area contributed by atoms with Crippen molar-refractivity contribution in [1.82, 2.24) is 15.5 Å². The molecule has 0 aliphatic carbocycles. The number of aryl methyl sites for hydroxylation is 1. The highest BCUT2D eigenvalue weighted by molar-refractivity contribution is 14.0. The van der Waals surface area contributed by atoms with Gasteiger partial charge in [-0.1, -0.05) is 0 Å². The monoisotopic (exact) mass is 436 g/mol. The second kappa shape index (κ2) is 9.72. The highest BCUT2D eigenvalue weighted by Gasteiger charge is 2.21. The standard InChI is InChI=1S/C16H28N4S.HI/c1-12(2)20-8-5-14(6-9-20)19-16(17-4)18-11-15-13(3)7-10-21-15;/h7,10,12,14H,5-6,8-9,11H2,1-4H3,(H2,17,18,19);1H. The quantitative estimate of drug-likeness (QED) is 0.433. The molecule has 2 heterocycles. The van der Waals surface area contributed by atoms with Gasteiger partial charge in [-0.15, -0.1) is 35.3 Å². The van der Waals surface area contributed by atoms with Crippen molar-refractivity contribution in [2.75, 3.05) is 20.1 Å². The van der Waals surface area contributed by atoms with Crippen LogP contribution in [-0.2, 0) is 6.54 Å². The predicted molar refractivity (Wildman–Crippen MR) is 108 cm³/mol. The lowest BCUT2D eigenvalue weighted by Crippen LogP contribution is -2.49. The number of aliphatic imine (C=N–C) groups is 1. The van der Waals surface area contributed by atoms with Crippen molar-refractivity contribution in [3.8, 4) is 0 Å². The zero-order valence-corrected chi connectivity index (χ0v) is 17.2. The summed E-state index contributed by atoms with van der Waals surface area (Å²) in [4.78, 5) is 8.28. The van der Waals surface area contributed by atoms with E-state index >= 15 is 0 Å². The largest absolute Gasteiger partial charge is 0.354 e. The van der Waals surface area contributed by atoms with Gasteiger partial charge in [-0.05, 0) is 50.6 Å². The molecule has 1 aliphatic heterocycles. The highest BCUT2D eigenvalue weighted by atomic mass is 127. The number of likely N-dealkylation sites (tertiary alicyclic amines) is 1. The Morgan fingerprint density at radius 3 is 2.59 bits per heavy atom. The number of rotatable bonds is 4. The molecule has 1 fully saturated rings. The van der Waals surface area contributed by atoms with E-state index in [0.29, 0.717) is 12.1 Å². The first-order valence-electron chi connectivity index (χ1n) is 7.84. The fraction of sp³-hybridized carbons (Fsp3) is 0.688. The molecule has 0 aromatic carbocycles. The summed E-state index contributed by atoms with van der Waals surface area (Å²) < 4.78 is 0. The van der Waals surface area contributed by atoms with E-state index in [1.165, 1.54) is 36.4 Å². The topological polar surface area (TPSA) is 39.7 Å². The van der Waals surface area contributed by atoms with Gasteiger partial charge in [0.1, 0.15) is 0 Å². The van der Waals surface area contributed by atoms with Crippen LogP contribution in [0.25, 0.3) is 0 Å². The molecule has 4 nitrogen and oxygen atoms in total. The summed E-state index contributed by atoms with van der Waals surface area (Å²) in [5, 5.41) is 9.14. The maximum atomic E-state index is 4.35. The van der Waals surface area contributed by atoms with E-state index in [9.17, 15) is 0 Å². The molecule has 22 heavy (non-hydrogen) atoms. The number of guanidine groups is 1. The van der Waals surface area contributed by atoms with E-state index in [4.69, 9.17) is 0 Å². The molecular formula is C16H29IN4S. The zero-order chi connectivity index (χ0) is 15.2. The minimum Gasteiger partial charge on any atom is -0.354 e. The van der Waals surface area contributed by atoms with Gasteiger partial charge in [0, 0.05) is 37.1 Å². The van der Waals surface area contributed by atoms with Crippen LogP contribution in [0.2, 0.25) is 0 Å². The van der Waals surface area contributed by atoms with Gasteiger partial charge in [0.25, 0.3) is 0 Å². The van der Waals surface area contributed by atoms with E-state index in [2.05, 4.69) is 52.7 Å². The third kappa shape index (κ3) is 5.70. The normalized spacial score (nSPS) is 17.4. The van der Waals surface area contributed by atoms with Gasteiger partial charge >= 0.3 is 0 Å². The summed E-state index contributed by atoms with van der Waals surface area (Å²) in [6, 6.07) is 3.36. The van der Waals surface area contributed by atoms with Crippen LogP contribution in [0.3, 0.4) is 0 Å². The molecule has 1 aromatic rings. The summed E-state index contributed by atoms with van der Waals surface area (Å²) in [6.45, 7) is 9.92. The van der Waals surface area contributed by atoms with Crippen molar-refractivity contribution in [3.63, 3.8) is 0 Å². The van der Waals surface area contributed by atoms with E-state index < -0.39 is 0 Å². The van der Waals surface area contributed by atoms with Crippen molar-refractivity contribution in [2.45, 2.75) is 52.2 Å². The second-order valence-electron chi connectivity index (χ2n) is 6.00. The molecular weight excluding hydrogens is 407 g/mol. The summed E-state index contributed by atoms with van der Waals surface area (Å²) in [5.41, 5.74) is 1.35. The van der Waals surface area contributed by atoms with E-state index in [1.807, 2.05) is 7.05 Å². The number of piperidine rings is 1. The third-order valence-electron chi connectivity index (χ3n) is 4.21. The molecule has 0 saturated carbocycles. The second-order valence-corrected chi connectivity index (χ2v) is 7.00. The SMILES string of the molecule is CN=C(NCc1sccc1C)NC1CCN(C(C)C)CC1.I. The molecule has 0 bridgehead atoms. The smallest absolute Gasteiger partial charge is 0.191 e. The lowest BCUT2D eigenvalue weighted by atomic mass is 10.0. The summed E-state index contributed by atoms with van der Waals surface area (Å²) in [7, 11) is 1.85. The molecule has 0 amide bonds. The van der Waals surface area contributed by atoms with Crippen LogP contribution < -0.4 is 10.6 Å². The number of nitrogens with one attached hydrogen (secondary N) is 2. The van der Waals surface area contributed by atoms with Crippen LogP contribution in [-0.4, -0.2) is 43.1 Å². The minimum absolute atomic E-state index is 0. The first-order chi connectivity index (χ1) is 10.1. The number of hydrogen-bond acceptors (Lipinski definition) is 3. The first kappa shape index (κ1) is 19.7. The lowest BCUT2D eigenvalue weighted by molar-refractivity contribution is 0.167. The first-order valence-corrected chi connectivity index (χ1v) is 8.72. The van der Waals surface area contributed by atoms with Gasteiger partial charge in [-0.25, -0.2) is 0 Å². The molecule has 6 heteroatoms. The number of nitrogens with zero attached hydrogens (tertiary/aromatic N) is 2. The summed E-state index contributed by atoms with van der Waals surface area (Å²) >= 11 is 1.80. The lowest BCUT2D eigenvalue weighted by Gasteiger charge is -2.35. The Bertz CT molecular complexity index is 464. The third-order valence-corrected chi connectivity index (χ3v) is 5.23. The Kier molecular flexibility index (Phi) is 8.71. The Morgan fingerprint density at radius 2 is 2.09 bits per heavy atom. The number of thiophene rings is 1. The zero-order valence-electron chi connectivity index (χ0n) is 14.1. The van der Waals surface area contributed by atoms with E-state index in [1.54, 1.807) is 11.3 Å². The van der Waals surface area contributed by atoms with Gasteiger partial charge in [0.05, 0.1) is 6.54 Å². The molecule has 2 rings (SSSR count). The van der Waals surface area contributed by atoms with Crippen LogP contribution in [0.5, 0.6) is 0 Å². The van der Waals surface area contributed by atoms with Crippen LogP contribution >= 0.6 is 35.3 Å². The van der Waals surface area contributed by atoms with E-state index in [-0.39, 0.29) is 24.0 Å². The molecule has 1 aromatic heterocycles. The summed E-state index contributed by atoms with van der Waals surface area (Å²) in [6.07, 6.45) is 2.38. The van der Waals surface area contributed by atoms with Crippen molar-refractivity contribution in [1.29, 1.82) is 0 Å². The number of halogens is 1. The molecule has 2 N–H and O–H groups in total. The molecule has 1 saturated heterocycles. The Labute approximate surface area is 155 Å². The molecule has 0 atom stereocenters. The average molecular weight is 436 g/mol. The molecule has 1 aliphatic rings. The molecule has 0 spiro atoms. The van der Waals surface area contributed by atoms with Gasteiger partial charge < -0.3 is 15.5 Å². The van der Waals surface area contributed by atoms with Crippen molar-refractivity contribution in [3.05, 3.63) is 21.9 Å². The maximum absolute atomic E-state index is 4.35. The Balaban J connectivity index is 0.00000242. The van der Waals surface area contributed by atoms with Crippen LogP contribution in [0.1, 0.15) is 37.1 Å². The van der Waals surface area contributed by atoms with Gasteiger partial charge in [0.2, 0.25) is 0 Å². The summed E-state index contributed by atoms with van der Waals surface area (Å²) in [5.74, 6) is 0.922. The fourth-order valence-corrected chi connectivity index (χ4v) is 3.54. The maximum Gasteiger partial charge on any atom is 0.191 e. The van der Waals surface area contributed by atoms with Gasteiger partial charge in [-0.2, -0.15) is 0 Å². The van der Waals surface area contributed by atoms with E-state index in [0.717, 1.165) is 12.5 Å². The molecule has 0 unspecified atom stereocenters.